The van der Waals surface area contributed by atoms with Gasteiger partial charge in [-0.3, -0.25) is 0 Å². The van der Waals surface area contributed by atoms with Gasteiger partial charge in [0.25, 0.3) is 0 Å². The van der Waals surface area contributed by atoms with E-state index in [9.17, 15) is 0 Å². The summed E-state index contributed by atoms with van der Waals surface area (Å²) in [5, 5.41) is 0. The summed E-state index contributed by atoms with van der Waals surface area (Å²) in [6.07, 6.45) is 3.20. The lowest BCUT2D eigenvalue weighted by Gasteiger charge is -2.17. The third kappa shape index (κ3) is 3.07. The fourth-order valence-corrected chi connectivity index (χ4v) is 1.91. The van der Waals surface area contributed by atoms with E-state index < -0.39 is 0 Å². The largest absolute Gasteiger partial charge is 0.479 e. The van der Waals surface area contributed by atoms with Crippen molar-refractivity contribution < 1.29 is 4.74 Å². The Morgan fingerprint density at radius 1 is 1.11 bits per heavy atom. The quantitative estimate of drug-likeness (QED) is 0.795. The Kier molecular flexibility index (Phi) is 3.80. The van der Waals surface area contributed by atoms with Crippen molar-refractivity contribution in [2.24, 2.45) is 0 Å². The van der Waals surface area contributed by atoms with Gasteiger partial charge in [0, 0.05) is 17.8 Å². The molecule has 0 N–H and O–H groups in total. The molecule has 0 unspecified atom stereocenters. The van der Waals surface area contributed by atoms with Crippen molar-refractivity contribution in [1.29, 1.82) is 0 Å². The Balaban J connectivity index is 2.60. The van der Waals surface area contributed by atoms with Crippen molar-refractivity contribution in [2.75, 3.05) is 7.11 Å². The van der Waals surface area contributed by atoms with E-state index >= 15 is 0 Å². The maximum absolute atomic E-state index is 5.22. The predicted octanol–water partition coefficient (Wildman–Crippen LogP) is 3.00. The molecule has 0 saturated heterocycles. The normalized spacial score (nSPS) is 11.4. The zero-order valence-electron chi connectivity index (χ0n) is 11.3. The number of hydrogen-bond donors (Lipinski definition) is 0. The zero-order chi connectivity index (χ0) is 14.0. The Morgan fingerprint density at radius 3 is 2.42 bits per heavy atom. The second-order valence-corrected chi connectivity index (χ2v) is 5.88. The van der Waals surface area contributed by atoms with Crippen LogP contribution in [-0.4, -0.2) is 27.0 Å². The van der Waals surface area contributed by atoms with E-state index in [-0.39, 0.29) is 5.41 Å². The molecule has 6 heteroatoms. The molecule has 2 heterocycles. The van der Waals surface area contributed by atoms with Crippen LogP contribution in [0.25, 0.3) is 11.4 Å². The number of aromatic nitrogens is 4. The van der Waals surface area contributed by atoms with E-state index in [2.05, 4.69) is 56.6 Å². The van der Waals surface area contributed by atoms with E-state index in [1.807, 2.05) is 6.07 Å². The van der Waals surface area contributed by atoms with Gasteiger partial charge in [0.05, 0.1) is 12.8 Å². The highest BCUT2D eigenvalue weighted by atomic mass is 79.9. The first kappa shape index (κ1) is 13.9. The van der Waals surface area contributed by atoms with Crippen LogP contribution in [-0.2, 0) is 5.41 Å². The van der Waals surface area contributed by atoms with Crippen molar-refractivity contribution in [3.05, 3.63) is 28.9 Å². The van der Waals surface area contributed by atoms with Gasteiger partial charge in [-0.15, -0.1) is 0 Å². The van der Waals surface area contributed by atoms with Gasteiger partial charge in [0.15, 0.2) is 5.69 Å². The average Bonchev–Trinajstić information content (AvgIpc) is 2.37. The lowest BCUT2D eigenvalue weighted by Crippen LogP contribution is -2.16. The molecule has 0 amide bonds. The number of rotatable bonds is 2. The number of hydrogen-bond acceptors (Lipinski definition) is 5. The number of nitrogens with zero attached hydrogens (tertiary/aromatic N) is 4. The summed E-state index contributed by atoms with van der Waals surface area (Å²) in [6, 6.07) is 1.81. The van der Waals surface area contributed by atoms with Crippen molar-refractivity contribution >= 4 is 15.9 Å². The van der Waals surface area contributed by atoms with Gasteiger partial charge in [0.2, 0.25) is 5.88 Å². The molecular weight excluding hydrogens is 308 g/mol. The summed E-state index contributed by atoms with van der Waals surface area (Å²) >= 11 is 3.41. The third-order valence-electron chi connectivity index (χ3n) is 2.47. The Hall–Kier alpha value is -1.56. The average molecular weight is 323 g/mol. The summed E-state index contributed by atoms with van der Waals surface area (Å²) in [5.74, 6) is 1.19. The van der Waals surface area contributed by atoms with Gasteiger partial charge in [0.1, 0.15) is 10.4 Å². The van der Waals surface area contributed by atoms with Crippen LogP contribution in [0.5, 0.6) is 5.88 Å². The molecule has 2 aromatic rings. The van der Waals surface area contributed by atoms with Crippen LogP contribution in [0.3, 0.4) is 0 Å². The molecule has 0 radical (unpaired) electrons. The van der Waals surface area contributed by atoms with E-state index in [1.54, 1.807) is 19.5 Å². The standard InChI is InChI=1S/C13H15BrN4O/c1-13(2,3)12-17-8(7-9(14)18-12)10-11(19-4)16-6-5-15-10/h5-7H,1-4H3. The van der Waals surface area contributed by atoms with Gasteiger partial charge in [-0.05, 0) is 22.0 Å². The molecule has 0 aromatic carbocycles. The topological polar surface area (TPSA) is 60.8 Å². The Bertz CT molecular complexity index is 595. The molecule has 0 fully saturated rings. The molecular formula is C13H15BrN4O. The first-order valence-corrected chi connectivity index (χ1v) is 6.61. The number of methoxy groups -OCH3 is 1. The molecule has 19 heavy (non-hydrogen) atoms. The molecule has 0 bridgehead atoms. The maximum Gasteiger partial charge on any atom is 0.241 e. The van der Waals surface area contributed by atoms with E-state index in [0.29, 0.717) is 17.3 Å². The highest BCUT2D eigenvalue weighted by Crippen LogP contribution is 2.28. The molecule has 0 spiro atoms. The molecule has 0 atom stereocenters. The van der Waals surface area contributed by atoms with Gasteiger partial charge in [-0.25, -0.2) is 19.9 Å². The van der Waals surface area contributed by atoms with Crippen LogP contribution in [0, 0.1) is 0 Å². The summed E-state index contributed by atoms with van der Waals surface area (Å²) in [4.78, 5) is 17.4. The minimum absolute atomic E-state index is 0.145. The summed E-state index contributed by atoms with van der Waals surface area (Å²) in [7, 11) is 1.56. The number of ether oxygens (including phenoxy) is 1. The smallest absolute Gasteiger partial charge is 0.241 e. The van der Waals surface area contributed by atoms with Crippen molar-refractivity contribution in [1.82, 2.24) is 19.9 Å². The monoisotopic (exact) mass is 322 g/mol. The highest BCUT2D eigenvalue weighted by molar-refractivity contribution is 9.10. The minimum Gasteiger partial charge on any atom is -0.479 e. The molecule has 2 rings (SSSR count). The molecule has 0 aliphatic carbocycles. The fraction of sp³-hybridized carbons (Fsp3) is 0.385. The summed E-state index contributed by atoms with van der Waals surface area (Å²) < 4.78 is 5.93. The van der Waals surface area contributed by atoms with Crippen LogP contribution >= 0.6 is 15.9 Å². The van der Waals surface area contributed by atoms with Gasteiger partial charge in [-0.2, -0.15) is 0 Å². The van der Waals surface area contributed by atoms with Crippen molar-refractivity contribution in [2.45, 2.75) is 26.2 Å². The van der Waals surface area contributed by atoms with Crippen LogP contribution in [0.15, 0.2) is 23.1 Å². The highest BCUT2D eigenvalue weighted by Gasteiger charge is 2.20. The number of halogens is 1. The zero-order valence-corrected chi connectivity index (χ0v) is 12.9. The first-order valence-electron chi connectivity index (χ1n) is 5.82. The lowest BCUT2D eigenvalue weighted by molar-refractivity contribution is 0.397. The van der Waals surface area contributed by atoms with E-state index in [1.165, 1.54) is 0 Å². The first-order chi connectivity index (χ1) is 8.91. The molecule has 0 aliphatic heterocycles. The van der Waals surface area contributed by atoms with Crippen LogP contribution in [0.2, 0.25) is 0 Å². The Morgan fingerprint density at radius 2 is 1.79 bits per heavy atom. The second-order valence-electron chi connectivity index (χ2n) is 5.06. The Labute approximate surface area is 120 Å². The third-order valence-corrected chi connectivity index (χ3v) is 2.87. The van der Waals surface area contributed by atoms with E-state index in [0.717, 1.165) is 10.4 Å². The van der Waals surface area contributed by atoms with Gasteiger partial charge >= 0.3 is 0 Å². The summed E-state index contributed by atoms with van der Waals surface area (Å²) in [5.41, 5.74) is 1.16. The van der Waals surface area contributed by atoms with Crippen LogP contribution in [0.1, 0.15) is 26.6 Å². The second kappa shape index (κ2) is 5.21. The van der Waals surface area contributed by atoms with Crippen LogP contribution < -0.4 is 4.74 Å². The molecule has 2 aromatic heterocycles. The van der Waals surface area contributed by atoms with Gasteiger partial charge < -0.3 is 4.74 Å². The molecule has 5 nitrogen and oxygen atoms in total. The van der Waals surface area contributed by atoms with Crippen LogP contribution in [0.4, 0.5) is 0 Å². The minimum atomic E-state index is -0.145. The predicted molar refractivity (Wildman–Crippen MR) is 76.0 cm³/mol. The lowest BCUT2D eigenvalue weighted by atomic mass is 9.95. The molecule has 100 valence electrons. The molecule has 0 saturated carbocycles. The maximum atomic E-state index is 5.22. The van der Waals surface area contributed by atoms with E-state index in [4.69, 9.17) is 4.74 Å². The van der Waals surface area contributed by atoms with Crippen molar-refractivity contribution in [3.63, 3.8) is 0 Å². The summed E-state index contributed by atoms with van der Waals surface area (Å²) in [6.45, 7) is 6.19. The molecule has 0 aliphatic rings. The van der Waals surface area contributed by atoms with Gasteiger partial charge in [-0.1, -0.05) is 20.8 Å². The fourth-order valence-electron chi connectivity index (χ4n) is 1.52. The SMILES string of the molecule is COc1nccnc1-c1cc(Br)nc(C(C)(C)C)n1. The van der Waals surface area contributed by atoms with Crippen molar-refractivity contribution in [3.8, 4) is 17.3 Å².